The van der Waals surface area contributed by atoms with Crippen molar-refractivity contribution in [2.24, 2.45) is 5.92 Å². The quantitative estimate of drug-likeness (QED) is 0.770. The second kappa shape index (κ2) is 7.14. The zero-order valence-corrected chi connectivity index (χ0v) is 12.9. The molecule has 0 saturated carbocycles. The van der Waals surface area contributed by atoms with Gasteiger partial charge in [0.15, 0.2) is 0 Å². The van der Waals surface area contributed by atoms with E-state index in [1.165, 1.54) is 9.75 Å². The van der Waals surface area contributed by atoms with E-state index < -0.39 is 0 Å². The number of rotatable bonds is 7. The predicted molar refractivity (Wildman–Crippen MR) is 82.6 cm³/mol. The zero-order valence-electron chi connectivity index (χ0n) is 11.3. The smallest absolute Gasteiger partial charge is 0.133 e. The van der Waals surface area contributed by atoms with Crippen molar-refractivity contribution in [3.05, 3.63) is 28.6 Å². The third kappa shape index (κ3) is 4.38. The minimum atomic E-state index is -0.212. The molecule has 104 valence electrons. The van der Waals surface area contributed by atoms with Crippen molar-refractivity contribution in [1.82, 2.24) is 10.3 Å². The number of aliphatic hydroxyl groups excluding tert-OH is 1. The minimum absolute atomic E-state index is 0.212. The maximum atomic E-state index is 9.70. The molecule has 5 heteroatoms. The molecule has 2 N–H and O–H groups in total. The first kappa shape index (κ1) is 14.7. The summed E-state index contributed by atoms with van der Waals surface area (Å²) in [5.74, 6) is 0.329. The molecule has 0 fully saturated rings. The summed E-state index contributed by atoms with van der Waals surface area (Å²) in [4.78, 5) is 6.91. The summed E-state index contributed by atoms with van der Waals surface area (Å²) in [5, 5.41) is 16.2. The maximum Gasteiger partial charge on any atom is 0.133 e. The number of thiazole rings is 1. The molecule has 0 spiro atoms. The van der Waals surface area contributed by atoms with E-state index in [4.69, 9.17) is 0 Å². The molecule has 0 bridgehead atoms. The maximum absolute atomic E-state index is 9.70. The monoisotopic (exact) mass is 296 g/mol. The Balaban J connectivity index is 1.75. The number of nitrogens with one attached hydrogen (secondary N) is 1. The highest BCUT2D eigenvalue weighted by Crippen LogP contribution is 2.28. The molecule has 19 heavy (non-hydrogen) atoms. The van der Waals surface area contributed by atoms with E-state index in [-0.39, 0.29) is 6.10 Å². The molecule has 0 saturated heterocycles. The van der Waals surface area contributed by atoms with E-state index in [2.05, 4.69) is 21.7 Å². The van der Waals surface area contributed by atoms with E-state index in [0.29, 0.717) is 5.92 Å². The van der Waals surface area contributed by atoms with Gasteiger partial charge < -0.3 is 10.4 Å². The summed E-state index contributed by atoms with van der Waals surface area (Å²) in [5.41, 5.74) is 0. The predicted octanol–water partition coefficient (Wildman–Crippen LogP) is 3.37. The number of aromatic nitrogens is 1. The molecule has 0 aromatic carbocycles. The molecule has 0 aliphatic carbocycles. The Morgan fingerprint density at radius 1 is 1.42 bits per heavy atom. The van der Waals surface area contributed by atoms with E-state index in [9.17, 15) is 5.11 Å². The summed E-state index contributed by atoms with van der Waals surface area (Å²) < 4.78 is 0. The summed E-state index contributed by atoms with van der Waals surface area (Å²) in [6.07, 6.45) is 2.52. The average molecular weight is 296 g/mol. The summed E-state index contributed by atoms with van der Waals surface area (Å²) >= 11 is 3.45. The van der Waals surface area contributed by atoms with Gasteiger partial charge in [0.25, 0.3) is 0 Å². The van der Waals surface area contributed by atoms with Crippen molar-refractivity contribution in [2.45, 2.75) is 32.9 Å². The van der Waals surface area contributed by atoms with Crippen LogP contribution in [-0.2, 0) is 6.54 Å². The third-order valence-corrected chi connectivity index (χ3v) is 5.01. The van der Waals surface area contributed by atoms with Gasteiger partial charge in [-0.15, -0.1) is 22.7 Å². The lowest BCUT2D eigenvalue weighted by atomic mass is 10.0. The molecule has 2 aromatic rings. The fourth-order valence-electron chi connectivity index (χ4n) is 1.70. The summed E-state index contributed by atoms with van der Waals surface area (Å²) in [6, 6.07) is 4.15. The van der Waals surface area contributed by atoms with E-state index in [1.54, 1.807) is 22.7 Å². The van der Waals surface area contributed by atoms with Gasteiger partial charge in [-0.05, 0) is 30.3 Å². The van der Waals surface area contributed by atoms with E-state index >= 15 is 0 Å². The summed E-state index contributed by atoms with van der Waals surface area (Å²) in [6.45, 7) is 5.75. The average Bonchev–Trinajstić information content (AvgIpc) is 3.04. The number of hydrogen-bond acceptors (Lipinski definition) is 5. The van der Waals surface area contributed by atoms with Crippen LogP contribution in [0.5, 0.6) is 0 Å². The molecule has 2 heterocycles. The first-order valence-corrected chi connectivity index (χ1v) is 8.24. The molecule has 0 amide bonds. The molecule has 1 unspecified atom stereocenters. The van der Waals surface area contributed by atoms with Crippen LogP contribution in [0.3, 0.4) is 0 Å². The molecular weight excluding hydrogens is 276 g/mol. The van der Waals surface area contributed by atoms with Crippen LogP contribution < -0.4 is 5.32 Å². The Kier molecular flexibility index (Phi) is 5.51. The third-order valence-electron chi connectivity index (χ3n) is 2.97. The second-order valence-corrected chi connectivity index (χ2v) is 6.95. The first-order valence-electron chi connectivity index (χ1n) is 6.54. The fraction of sp³-hybridized carbons (Fsp3) is 0.500. The SMILES string of the molecule is CC(C)C(O)CCNCc1cnc(-c2cccs2)s1. The standard InChI is InChI=1S/C14H20N2OS2/c1-10(2)12(17)5-6-15-8-11-9-16-14(19-11)13-4-3-7-18-13/h3-4,7,9-10,12,15,17H,5-6,8H2,1-2H3. The van der Waals surface area contributed by atoms with Crippen LogP contribution in [0.4, 0.5) is 0 Å². The van der Waals surface area contributed by atoms with Crippen LogP contribution in [0.15, 0.2) is 23.7 Å². The Bertz CT molecular complexity index is 479. The Hall–Kier alpha value is -0.750. The zero-order chi connectivity index (χ0) is 13.7. The van der Waals surface area contributed by atoms with Crippen LogP contribution >= 0.6 is 22.7 Å². The van der Waals surface area contributed by atoms with Crippen LogP contribution in [-0.4, -0.2) is 22.7 Å². The lowest BCUT2D eigenvalue weighted by molar-refractivity contribution is 0.116. The normalized spacial score (nSPS) is 13.1. The van der Waals surface area contributed by atoms with Gasteiger partial charge in [-0.3, -0.25) is 0 Å². The van der Waals surface area contributed by atoms with Gasteiger partial charge in [0.05, 0.1) is 11.0 Å². The molecule has 2 rings (SSSR count). The molecule has 3 nitrogen and oxygen atoms in total. The van der Waals surface area contributed by atoms with Gasteiger partial charge in [0.1, 0.15) is 5.01 Å². The van der Waals surface area contributed by atoms with Gasteiger partial charge in [-0.1, -0.05) is 19.9 Å². The van der Waals surface area contributed by atoms with E-state index in [0.717, 1.165) is 24.5 Å². The van der Waals surface area contributed by atoms with Crippen molar-refractivity contribution in [1.29, 1.82) is 0 Å². The van der Waals surface area contributed by atoms with Crippen LogP contribution in [0.2, 0.25) is 0 Å². The minimum Gasteiger partial charge on any atom is -0.393 e. The van der Waals surface area contributed by atoms with Crippen molar-refractivity contribution in [3.8, 4) is 9.88 Å². The van der Waals surface area contributed by atoms with Gasteiger partial charge in [0.2, 0.25) is 0 Å². The largest absolute Gasteiger partial charge is 0.393 e. The number of hydrogen-bond donors (Lipinski definition) is 2. The Morgan fingerprint density at radius 2 is 2.26 bits per heavy atom. The molecule has 0 aliphatic rings. The molecular formula is C14H20N2OS2. The molecule has 2 aromatic heterocycles. The van der Waals surface area contributed by atoms with Crippen LogP contribution in [0.25, 0.3) is 9.88 Å². The number of nitrogens with zero attached hydrogens (tertiary/aromatic N) is 1. The van der Waals surface area contributed by atoms with Crippen molar-refractivity contribution >= 4 is 22.7 Å². The van der Waals surface area contributed by atoms with Gasteiger partial charge in [-0.2, -0.15) is 0 Å². The molecule has 0 radical (unpaired) electrons. The highest BCUT2D eigenvalue weighted by molar-refractivity contribution is 7.20. The van der Waals surface area contributed by atoms with Crippen molar-refractivity contribution in [2.75, 3.05) is 6.54 Å². The number of aliphatic hydroxyl groups is 1. The van der Waals surface area contributed by atoms with E-state index in [1.807, 2.05) is 26.1 Å². The van der Waals surface area contributed by atoms with Crippen LogP contribution in [0, 0.1) is 5.92 Å². The fourth-order valence-corrected chi connectivity index (χ4v) is 3.38. The van der Waals surface area contributed by atoms with Gasteiger partial charge in [0, 0.05) is 17.6 Å². The van der Waals surface area contributed by atoms with Gasteiger partial charge in [-0.25, -0.2) is 4.98 Å². The van der Waals surface area contributed by atoms with Gasteiger partial charge >= 0.3 is 0 Å². The highest BCUT2D eigenvalue weighted by Gasteiger charge is 2.09. The highest BCUT2D eigenvalue weighted by atomic mass is 32.1. The summed E-state index contributed by atoms with van der Waals surface area (Å²) in [7, 11) is 0. The molecule has 0 aliphatic heterocycles. The number of thiophene rings is 1. The topological polar surface area (TPSA) is 45.1 Å². The lowest BCUT2D eigenvalue weighted by Crippen LogP contribution is -2.23. The second-order valence-electron chi connectivity index (χ2n) is 4.89. The first-order chi connectivity index (χ1) is 9.16. The Morgan fingerprint density at radius 3 is 2.95 bits per heavy atom. The lowest BCUT2D eigenvalue weighted by Gasteiger charge is -2.14. The van der Waals surface area contributed by atoms with Crippen LogP contribution in [0.1, 0.15) is 25.1 Å². The van der Waals surface area contributed by atoms with Crippen molar-refractivity contribution < 1.29 is 5.11 Å². The van der Waals surface area contributed by atoms with Crippen molar-refractivity contribution in [3.63, 3.8) is 0 Å². The Labute approximate surface area is 122 Å². The molecule has 1 atom stereocenters.